The maximum absolute atomic E-state index is 9.15. The number of hydrogen-bond donors (Lipinski definition) is 2. The summed E-state index contributed by atoms with van der Waals surface area (Å²) in [6.45, 7) is 4.70. The molecule has 0 atom stereocenters. The summed E-state index contributed by atoms with van der Waals surface area (Å²) in [6.07, 6.45) is 0. The van der Waals surface area contributed by atoms with E-state index >= 15 is 0 Å². The van der Waals surface area contributed by atoms with Gasteiger partial charge >= 0.3 is 0 Å². The number of rotatable bonds is 4. The van der Waals surface area contributed by atoms with Gasteiger partial charge in [0.15, 0.2) is 0 Å². The van der Waals surface area contributed by atoms with Crippen LogP contribution in [0, 0.1) is 0 Å². The summed E-state index contributed by atoms with van der Waals surface area (Å²) < 4.78 is 0. The molecule has 0 bridgehead atoms. The third-order valence-electron chi connectivity index (χ3n) is 2.28. The Labute approximate surface area is 87.6 Å². The molecule has 0 amide bonds. The van der Waals surface area contributed by atoms with Crippen molar-refractivity contribution in [3.63, 3.8) is 0 Å². The van der Waals surface area contributed by atoms with Gasteiger partial charge in [0.05, 0.1) is 13.2 Å². The molecule has 0 aliphatic carbocycles. The first-order chi connectivity index (χ1) is 6.45. The van der Waals surface area contributed by atoms with Gasteiger partial charge in [0.1, 0.15) is 5.01 Å². The fourth-order valence-electron chi connectivity index (χ4n) is 0.868. The number of hydrogen-bond acceptors (Lipinski definition) is 6. The van der Waals surface area contributed by atoms with Gasteiger partial charge in [-0.2, -0.15) is 0 Å². The Morgan fingerprint density at radius 2 is 2.14 bits per heavy atom. The van der Waals surface area contributed by atoms with Crippen molar-refractivity contribution >= 4 is 16.5 Å². The average Bonchev–Trinajstić information content (AvgIpc) is 2.51. The van der Waals surface area contributed by atoms with Gasteiger partial charge in [-0.3, -0.25) is 4.90 Å². The maximum Gasteiger partial charge on any atom is 0.203 e. The number of nitrogens with two attached hydrogens (primary N) is 1. The van der Waals surface area contributed by atoms with Crippen molar-refractivity contribution in [3.05, 3.63) is 5.01 Å². The fraction of sp³-hybridized carbons (Fsp3) is 0.750. The number of aliphatic hydroxyl groups is 1. The van der Waals surface area contributed by atoms with E-state index in [4.69, 9.17) is 10.8 Å². The van der Waals surface area contributed by atoms with E-state index < -0.39 is 0 Å². The molecule has 0 fully saturated rings. The van der Waals surface area contributed by atoms with Crippen molar-refractivity contribution in [3.8, 4) is 0 Å². The van der Waals surface area contributed by atoms with E-state index in [-0.39, 0.29) is 12.1 Å². The van der Waals surface area contributed by atoms with Crippen LogP contribution in [-0.4, -0.2) is 39.4 Å². The molecular weight excluding hydrogens is 200 g/mol. The Hall–Kier alpha value is -0.720. The SMILES string of the molecule is CN(Cc1nnc(N)s1)C(C)(C)CO. The first kappa shape index (κ1) is 11.4. The summed E-state index contributed by atoms with van der Waals surface area (Å²) in [5, 5.41) is 18.2. The quantitative estimate of drug-likeness (QED) is 0.758. The lowest BCUT2D eigenvalue weighted by atomic mass is 10.1. The minimum absolute atomic E-state index is 0.109. The molecule has 0 saturated carbocycles. The number of anilines is 1. The van der Waals surface area contributed by atoms with Crippen LogP contribution in [0.2, 0.25) is 0 Å². The van der Waals surface area contributed by atoms with Gasteiger partial charge in [0.25, 0.3) is 0 Å². The predicted octanol–water partition coefficient (Wildman–Crippen LogP) is 0.323. The minimum atomic E-state index is -0.250. The molecule has 0 aromatic carbocycles. The van der Waals surface area contributed by atoms with E-state index in [0.717, 1.165) is 5.01 Å². The standard InChI is InChI=1S/C8H16N4OS/c1-8(2,5-13)12(3)4-6-10-11-7(9)14-6/h13H,4-5H2,1-3H3,(H2,9,11). The molecular formula is C8H16N4OS. The third kappa shape index (κ3) is 2.63. The van der Waals surface area contributed by atoms with Crippen LogP contribution in [0.25, 0.3) is 0 Å². The highest BCUT2D eigenvalue weighted by Gasteiger charge is 2.23. The molecule has 1 rings (SSSR count). The van der Waals surface area contributed by atoms with Gasteiger partial charge in [-0.25, -0.2) is 0 Å². The number of nitrogen functional groups attached to an aromatic ring is 1. The lowest BCUT2D eigenvalue weighted by Crippen LogP contribution is -2.43. The second-order valence-corrected chi connectivity index (χ2v) is 4.95. The molecule has 0 radical (unpaired) electrons. The van der Waals surface area contributed by atoms with E-state index in [1.165, 1.54) is 11.3 Å². The fourth-order valence-corrected chi connectivity index (χ4v) is 1.53. The molecule has 14 heavy (non-hydrogen) atoms. The molecule has 0 saturated heterocycles. The Bertz CT molecular complexity index is 299. The molecule has 1 aromatic heterocycles. The molecule has 3 N–H and O–H groups in total. The van der Waals surface area contributed by atoms with Crippen LogP contribution in [0.15, 0.2) is 0 Å². The van der Waals surface area contributed by atoms with Gasteiger partial charge in [-0.1, -0.05) is 11.3 Å². The molecule has 0 aliphatic heterocycles. The Morgan fingerprint density at radius 3 is 2.57 bits per heavy atom. The summed E-state index contributed by atoms with van der Waals surface area (Å²) in [4.78, 5) is 2.02. The topological polar surface area (TPSA) is 75.3 Å². The van der Waals surface area contributed by atoms with Gasteiger partial charge in [0.2, 0.25) is 5.13 Å². The zero-order chi connectivity index (χ0) is 10.8. The van der Waals surface area contributed by atoms with Gasteiger partial charge in [0, 0.05) is 5.54 Å². The summed E-state index contributed by atoms with van der Waals surface area (Å²) in [5.41, 5.74) is 5.22. The minimum Gasteiger partial charge on any atom is -0.394 e. The van der Waals surface area contributed by atoms with Crippen molar-refractivity contribution in [2.45, 2.75) is 25.9 Å². The molecule has 80 valence electrons. The van der Waals surface area contributed by atoms with Crippen LogP contribution in [0.3, 0.4) is 0 Å². The molecule has 0 spiro atoms. The number of aliphatic hydroxyl groups excluding tert-OH is 1. The molecule has 5 nitrogen and oxygen atoms in total. The zero-order valence-electron chi connectivity index (χ0n) is 8.69. The number of aromatic nitrogens is 2. The van der Waals surface area contributed by atoms with Crippen molar-refractivity contribution in [2.75, 3.05) is 19.4 Å². The highest BCUT2D eigenvalue weighted by atomic mass is 32.1. The van der Waals surface area contributed by atoms with Crippen LogP contribution in [-0.2, 0) is 6.54 Å². The molecule has 0 aliphatic rings. The largest absolute Gasteiger partial charge is 0.394 e. The maximum atomic E-state index is 9.15. The predicted molar refractivity (Wildman–Crippen MR) is 57.0 cm³/mol. The molecule has 1 aromatic rings. The first-order valence-corrected chi connectivity index (χ1v) is 5.17. The highest BCUT2D eigenvalue weighted by Crippen LogP contribution is 2.18. The third-order valence-corrected chi connectivity index (χ3v) is 3.01. The van der Waals surface area contributed by atoms with E-state index in [1.54, 1.807) is 0 Å². The Balaban J connectivity index is 2.61. The van der Waals surface area contributed by atoms with Crippen LogP contribution < -0.4 is 5.73 Å². The van der Waals surface area contributed by atoms with Crippen molar-refractivity contribution < 1.29 is 5.11 Å². The highest BCUT2D eigenvalue weighted by molar-refractivity contribution is 7.15. The summed E-state index contributed by atoms with van der Waals surface area (Å²) in [7, 11) is 1.94. The second-order valence-electron chi connectivity index (χ2n) is 3.86. The lowest BCUT2D eigenvalue weighted by Gasteiger charge is -2.32. The van der Waals surface area contributed by atoms with Crippen LogP contribution in [0.5, 0.6) is 0 Å². The van der Waals surface area contributed by atoms with E-state index in [2.05, 4.69) is 10.2 Å². The second kappa shape index (κ2) is 4.20. The van der Waals surface area contributed by atoms with Crippen molar-refractivity contribution in [1.82, 2.24) is 15.1 Å². The van der Waals surface area contributed by atoms with Crippen LogP contribution >= 0.6 is 11.3 Å². The van der Waals surface area contributed by atoms with E-state index in [1.807, 2.05) is 25.8 Å². The molecule has 0 unspecified atom stereocenters. The zero-order valence-corrected chi connectivity index (χ0v) is 9.51. The smallest absolute Gasteiger partial charge is 0.203 e. The average molecular weight is 216 g/mol. The van der Waals surface area contributed by atoms with Crippen molar-refractivity contribution in [1.29, 1.82) is 0 Å². The van der Waals surface area contributed by atoms with Crippen molar-refractivity contribution in [2.24, 2.45) is 0 Å². The summed E-state index contributed by atoms with van der Waals surface area (Å²) in [5.74, 6) is 0. The van der Waals surface area contributed by atoms with E-state index in [0.29, 0.717) is 11.7 Å². The molecule has 6 heteroatoms. The van der Waals surface area contributed by atoms with Crippen LogP contribution in [0.1, 0.15) is 18.9 Å². The lowest BCUT2D eigenvalue weighted by molar-refractivity contribution is 0.0732. The number of likely N-dealkylation sites (N-methyl/N-ethyl adjacent to an activating group) is 1. The Morgan fingerprint density at radius 1 is 1.50 bits per heavy atom. The summed E-state index contributed by atoms with van der Waals surface area (Å²) >= 11 is 1.37. The monoisotopic (exact) mass is 216 g/mol. The Kier molecular flexibility index (Phi) is 3.41. The molecule has 1 heterocycles. The summed E-state index contributed by atoms with van der Waals surface area (Å²) in [6, 6.07) is 0. The van der Waals surface area contributed by atoms with Gasteiger partial charge < -0.3 is 10.8 Å². The van der Waals surface area contributed by atoms with Gasteiger partial charge in [-0.15, -0.1) is 10.2 Å². The van der Waals surface area contributed by atoms with Crippen LogP contribution in [0.4, 0.5) is 5.13 Å². The first-order valence-electron chi connectivity index (χ1n) is 4.35. The van der Waals surface area contributed by atoms with Gasteiger partial charge in [-0.05, 0) is 20.9 Å². The number of nitrogens with zero attached hydrogens (tertiary/aromatic N) is 3. The van der Waals surface area contributed by atoms with E-state index in [9.17, 15) is 0 Å². The normalized spacial score (nSPS) is 12.4.